The standard InChI is InChI=1S/C59H86N16O12/c1-7-9-15-42(51(80)70-44(25-34(3)4)52(81)69-43(17-12-23-64-59(60)61)58(87)75-24-13-18-49(75)57(86)63-8-2)68-53(82)45(26-36-19-21-39(78)22-20-36)71-56(85)48(32-76)73-54(83)46(27-37-29-65-41-16-11-10-14-40(37)41)72-55(84)47(28-38-30-62-33-66-38)67-50(79)31-74(6)35(5)77/h10-11,14,16,19-22,29-30,33-34,42-49,65,76,78H,7-9,12-13,15,17-18,23-28,31-32H2,1-6H3,(H,62,66)(H,63,86)(H,67,79)(H,68,82)(H,69,81)(H,70,80)(H,71,85)(H,72,84)(H,73,83)(H4,60,61,64)/t42-,43+,44+,45+,46+,47+,48+,49+/m1/s1. The number of benzene rings is 2. The van der Waals surface area contributed by atoms with Crippen LogP contribution in [0.1, 0.15) is 103 Å². The first-order chi connectivity index (χ1) is 41.5. The lowest BCUT2D eigenvalue weighted by Gasteiger charge is -2.30. The molecule has 28 heteroatoms. The van der Waals surface area contributed by atoms with E-state index in [9.17, 15) is 58.2 Å². The number of aromatic hydroxyl groups is 1. The van der Waals surface area contributed by atoms with Crippen molar-refractivity contribution in [3.05, 3.63) is 84.1 Å². The average molecular weight is 1210 g/mol. The van der Waals surface area contributed by atoms with Gasteiger partial charge in [0.15, 0.2) is 5.96 Å². The summed E-state index contributed by atoms with van der Waals surface area (Å²) in [5.41, 5.74) is 7.61. The van der Waals surface area contributed by atoms with Gasteiger partial charge in [0.25, 0.3) is 0 Å². The van der Waals surface area contributed by atoms with E-state index in [1.807, 2.05) is 26.8 Å². The molecule has 0 unspecified atom stereocenters. The Bertz CT molecular complexity index is 2990. The molecule has 3 heterocycles. The number of aromatic nitrogens is 3. The summed E-state index contributed by atoms with van der Waals surface area (Å²) in [6, 6.07) is 2.47. The summed E-state index contributed by atoms with van der Waals surface area (Å²) in [4.78, 5) is 152. The minimum Gasteiger partial charge on any atom is -0.508 e. The number of nitrogens with two attached hydrogens (primary N) is 1. The molecule has 1 aliphatic heterocycles. The van der Waals surface area contributed by atoms with E-state index in [1.54, 1.807) is 31.3 Å². The predicted molar refractivity (Wildman–Crippen MR) is 322 cm³/mol. The van der Waals surface area contributed by atoms with Crippen molar-refractivity contribution < 1.29 is 58.2 Å². The molecule has 2 aromatic heterocycles. The van der Waals surface area contributed by atoms with Crippen LogP contribution in [-0.2, 0) is 67.2 Å². The number of hydrogen-bond donors (Lipinski definition) is 15. The predicted octanol–water partition coefficient (Wildman–Crippen LogP) is -0.885. The Hall–Kier alpha value is -9.08. The van der Waals surface area contributed by atoms with Gasteiger partial charge in [-0.2, -0.15) is 0 Å². The van der Waals surface area contributed by atoms with Crippen LogP contribution >= 0.6 is 0 Å². The second-order valence-electron chi connectivity index (χ2n) is 22.1. The number of phenolic OH excluding ortho intramolecular Hbond substituents is 1. The zero-order chi connectivity index (χ0) is 63.7. The molecule has 474 valence electrons. The number of unbranched alkanes of at least 4 members (excludes halogenated alkanes) is 1. The molecule has 5 rings (SSSR count). The van der Waals surface area contributed by atoms with Gasteiger partial charge >= 0.3 is 0 Å². The van der Waals surface area contributed by atoms with Crippen molar-refractivity contribution in [2.24, 2.45) is 11.7 Å². The van der Waals surface area contributed by atoms with Crippen LogP contribution in [-0.4, -0.2) is 188 Å². The van der Waals surface area contributed by atoms with Crippen LogP contribution in [0.3, 0.4) is 0 Å². The van der Waals surface area contributed by atoms with Crippen molar-refractivity contribution in [3.63, 3.8) is 0 Å². The number of nitrogens with zero attached hydrogens (tertiary/aromatic N) is 3. The van der Waals surface area contributed by atoms with Gasteiger partial charge in [-0.1, -0.05) is 63.9 Å². The molecule has 87 heavy (non-hydrogen) atoms. The van der Waals surface area contributed by atoms with Crippen LogP contribution in [0.5, 0.6) is 5.75 Å². The summed E-state index contributed by atoms with van der Waals surface area (Å²) < 4.78 is 0. The first kappa shape index (κ1) is 68.7. The number of nitrogens with one attached hydrogen (secondary N) is 12. The van der Waals surface area contributed by atoms with Gasteiger partial charge in [-0.05, 0) is 80.7 Å². The van der Waals surface area contributed by atoms with E-state index < -0.39 is 108 Å². The lowest BCUT2D eigenvalue weighted by atomic mass is 10.00. The molecule has 0 spiro atoms. The number of carbonyl (C=O) groups is 10. The van der Waals surface area contributed by atoms with Gasteiger partial charge in [-0.3, -0.25) is 53.4 Å². The van der Waals surface area contributed by atoms with E-state index in [0.29, 0.717) is 66.4 Å². The third-order valence-electron chi connectivity index (χ3n) is 14.7. The lowest BCUT2D eigenvalue weighted by molar-refractivity contribution is -0.142. The second kappa shape index (κ2) is 34.2. The maximum absolute atomic E-state index is 14.7. The summed E-state index contributed by atoms with van der Waals surface area (Å²) in [5.74, 6) is -7.58. The zero-order valence-electron chi connectivity index (χ0n) is 50.3. The molecule has 2 aromatic carbocycles. The Morgan fingerprint density at radius 3 is 1.94 bits per heavy atom. The van der Waals surface area contributed by atoms with Crippen LogP contribution in [0.4, 0.5) is 0 Å². The van der Waals surface area contributed by atoms with E-state index in [4.69, 9.17) is 11.1 Å². The number of amides is 10. The van der Waals surface area contributed by atoms with Gasteiger partial charge in [0.1, 0.15) is 54.1 Å². The maximum Gasteiger partial charge on any atom is 0.245 e. The molecule has 0 aliphatic carbocycles. The highest BCUT2D eigenvalue weighted by Crippen LogP contribution is 2.22. The number of aliphatic hydroxyl groups excluding tert-OH is 1. The van der Waals surface area contributed by atoms with Crippen LogP contribution in [0.2, 0.25) is 0 Å². The molecule has 28 nitrogen and oxygen atoms in total. The molecular weight excluding hydrogens is 1120 g/mol. The average Bonchev–Trinajstić information content (AvgIpc) is 4.46. The fourth-order valence-corrected chi connectivity index (χ4v) is 9.98. The number of guanidine groups is 1. The minimum atomic E-state index is -1.75. The van der Waals surface area contributed by atoms with Crippen molar-refractivity contribution in [3.8, 4) is 5.75 Å². The number of para-hydroxylation sites is 1. The first-order valence-electron chi connectivity index (χ1n) is 29.4. The Morgan fingerprint density at radius 2 is 1.32 bits per heavy atom. The van der Waals surface area contributed by atoms with Gasteiger partial charge in [-0.25, -0.2) is 4.98 Å². The van der Waals surface area contributed by atoms with E-state index in [-0.39, 0.29) is 81.7 Å². The summed E-state index contributed by atoms with van der Waals surface area (Å²) in [7, 11) is 1.41. The van der Waals surface area contributed by atoms with Crippen molar-refractivity contribution in [1.82, 2.24) is 72.6 Å². The number of hydrogen-bond acceptors (Lipinski definition) is 14. The molecular formula is C59H86N16O12. The third kappa shape index (κ3) is 21.4. The van der Waals surface area contributed by atoms with E-state index in [0.717, 1.165) is 4.90 Å². The second-order valence-corrected chi connectivity index (χ2v) is 22.1. The number of aliphatic hydroxyl groups is 1. The number of aromatic amines is 2. The van der Waals surface area contributed by atoms with Gasteiger partial charge in [0, 0.05) is 76.2 Å². The van der Waals surface area contributed by atoms with Crippen molar-refractivity contribution in [2.75, 3.05) is 39.8 Å². The monoisotopic (exact) mass is 1210 g/mol. The number of rotatable bonds is 34. The molecule has 10 amide bonds. The van der Waals surface area contributed by atoms with Crippen LogP contribution < -0.4 is 53.6 Å². The highest BCUT2D eigenvalue weighted by Gasteiger charge is 2.39. The third-order valence-corrected chi connectivity index (χ3v) is 14.7. The number of likely N-dealkylation sites (tertiary alicyclic amines) is 1. The molecule has 8 atom stereocenters. The normalized spacial score (nSPS) is 15.3. The summed E-state index contributed by atoms with van der Waals surface area (Å²) in [5, 5.41) is 53.4. The van der Waals surface area contributed by atoms with Gasteiger partial charge in [-0.15, -0.1) is 0 Å². The van der Waals surface area contributed by atoms with Crippen molar-refractivity contribution in [2.45, 2.75) is 154 Å². The zero-order valence-corrected chi connectivity index (χ0v) is 50.3. The topological polar surface area (TPSA) is 420 Å². The highest BCUT2D eigenvalue weighted by atomic mass is 16.3. The quantitative estimate of drug-likeness (QED) is 0.0153. The number of H-pyrrole nitrogens is 2. The van der Waals surface area contributed by atoms with Crippen LogP contribution in [0.15, 0.2) is 67.3 Å². The minimum absolute atomic E-state index is 0.0744. The fourth-order valence-electron chi connectivity index (χ4n) is 9.98. The number of phenols is 1. The molecule has 1 fully saturated rings. The summed E-state index contributed by atoms with van der Waals surface area (Å²) in [6.07, 6.45) is 6.56. The molecule has 4 aromatic rings. The van der Waals surface area contributed by atoms with Gasteiger partial charge < -0.3 is 83.6 Å². The van der Waals surface area contributed by atoms with Crippen molar-refractivity contribution in [1.29, 1.82) is 5.41 Å². The molecule has 0 saturated carbocycles. The first-order valence-corrected chi connectivity index (χ1v) is 29.4. The summed E-state index contributed by atoms with van der Waals surface area (Å²) in [6.45, 7) is 8.02. The van der Waals surface area contributed by atoms with Crippen LogP contribution in [0.25, 0.3) is 10.9 Å². The SMILES string of the molecule is CCCC[C@@H](NC(=O)[C@H](Cc1ccc(O)cc1)NC(=O)[C@H](CO)NC(=O)[C@H](Cc1c[nH]c2ccccc12)NC(=O)[C@H](Cc1c[nH]cn1)NC(=O)CN(C)C(C)=O)C(=O)N[C@@H](CC(C)C)C(=O)N[C@@H](CCCNC(=N)N)C(=O)N1CCC[C@H]1C(=O)NCC. The molecule has 0 radical (unpaired) electrons. The van der Waals surface area contributed by atoms with Crippen LogP contribution in [0, 0.1) is 11.3 Å². The molecule has 0 bridgehead atoms. The number of carbonyl (C=O) groups excluding carboxylic acids is 10. The summed E-state index contributed by atoms with van der Waals surface area (Å²) >= 11 is 0. The Kier molecular flexibility index (Phi) is 27.0. The largest absolute Gasteiger partial charge is 0.508 e. The van der Waals surface area contributed by atoms with E-state index in [2.05, 4.69) is 62.8 Å². The molecule has 16 N–H and O–H groups in total. The van der Waals surface area contributed by atoms with Gasteiger partial charge in [0.05, 0.1) is 25.2 Å². The van der Waals surface area contributed by atoms with Gasteiger partial charge in [0.2, 0.25) is 59.1 Å². The number of fused-ring (bicyclic) bond motifs is 1. The van der Waals surface area contributed by atoms with E-state index in [1.165, 1.54) is 55.7 Å². The Morgan fingerprint density at radius 1 is 0.736 bits per heavy atom. The molecule has 1 aliphatic rings. The maximum atomic E-state index is 14.7. The lowest BCUT2D eigenvalue weighted by Crippen LogP contribution is -2.61. The van der Waals surface area contributed by atoms with Crippen molar-refractivity contribution >= 4 is 75.9 Å². The highest BCUT2D eigenvalue weighted by molar-refractivity contribution is 5.99. The smallest absolute Gasteiger partial charge is 0.245 e. The van der Waals surface area contributed by atoms with E-state index >= 15 is 0 Å². The Labute approximate surface area is 505 Å². The molecule has 1 saturated heterocycles. The fraction of sp³-hybridized carbons (Fsp3) is 0.525. The number of likely N-dealkylation sites (N-methyl/N-ethyl adjacent to an activating group) is 2. The Balaban J connectivity index is 1.39. The number of imidazole rings is 1.